The lowest BCUT2D eigenvalue weighted by Gasteiger charge is -2.06. The maximum Gasteiger partial charge on any atom is 0.224 e. The fraction of sp³-hybridized carbons (Fsp3) is 0.263. The number of anilines is 1. The van der Waals surface area contributed by atoms with Crippen LogP contribution in [0.1, 0.15) is 40.7 Å². The lowest BCUT2D eigenvalue weighted by atomic mass is 10.0. The monoisotopic (exact) mass is 311 g/mol. The first-order valence-corrected chi connectivity index (χ1v) is 7.82. The van der Waals surface area contributed by atoms with Crippen LogP contribution in [-0.4, -0.2) is 11.7 Å². The van der Waals surface area contributed by atoms with Crippen LogP contribution in [0.5, 0.6) is 0 Å². The fourth-order valence-corrected chi connectivity index (χ4v) is 2.87. The van der Waals surface area contributed by atoms with Crippen LogP contribution in [0.15, 0.2) is 42.5 Å². The van der Waals surface area contributed by atoms with Crippen molar-refractivity contribution in [2.45, 2.75) is 32.1 Å². The predicted octanol–water partition coefficient (Wildman–Crippen LogP) is 3.92. The van der Waals surface area contributed by atoms with E-state index < -0.39 is 0 Å². The predicted molar refractivity (Wildman–Crippen MR) is 87.1 cm³/mol. The molecule has 0 unspecified atom stereocenters. The van der Waals surface area contributed by atoms with Crippen molar-refractivity contribution < 1.29 is 14.0 Å². The molecule has 1 N–H and O–H groups in total. The van der Waals surface area contributed by atoms with Gasteiger partial charge in [-0.15, -0.1) is 0 Å². The minimum absolute atomic E-state index is 0.0195. The summed E-state index contributed by atoms with van der Waals surface area (Å²) in [5.41, 5.74) is 3.80. The number of hydrogen-bond donors (Lipinski definition) is 1. The number of carbonyl (C=O) groups excluding carboxylic acids is 2. The molecule has 1 amide bonds. The molecule has 2 aromatic carbocycles. The SMILES string of the molecule is O=C(CCC(=O)c1ccc2c(c1)CCC2)Nc1ccc(F)cc1. The number of fused-ring (bicyclic) bond motifs is 1. The molecular weight excluding hydrogens is 293 g/mol. The lowest BCUT2D eigenvalue weighted by molar-refractivity contribution is -0.116. The van der Waals surface area contributed by atoms with E-state index in [4.69, 9.17) is 0 Å². The van der Waals surface area contributed by atoms with Gasteiger partial charge in [0, 0.05) is 24.1 Å². The molecule has 0 spiro atoms. The second-order valence-electron chi connectivity index (χ2n) is 5.82. The third kappa shape index (κ3) is 3.83. The van der Waals surface area contributed by atoms with Crippen molar-refractivity contribution >= 4 is 17.4 Å². The Morgan fingerprint density at radius 1 is 0.957 bits per heavy atom. The first kappa shape index (κ1) is 15.4. The molecule has 0 saturated carbocycles. The van der Waals surface area contributed by atoms with E-state index in [1.54, 1.807) is 0 Å². The minimum Gasteiger partial charge on any atom is -0.326 e. The Hall–Kier alpha value is -2.49. The summed E-state index contributed by atoms with van der Waals surface area (Å²) in [7, 11) is 0. The van der Waals surface area contributed by atoms with E-state index in [0.29, 0.717) is 11.3 Å². The van der Waals surface area contributed by atoms with Gasteiger partial charge in [0.05, 0.1) is 0 Å². The molecule has 0 aliphatic heterocycles. The van der Waals surface area contributed by atoms with E-state index in [1.807, 2.05) is 18.2 Å². The van der Waals surface area contributed by atoms with E-state index in [0.717, 1.165) is 19.3 Å². The van der Waals surface area contributed by atoms with Gasteiger partial charge >= 0.3 is 0 Å². The molecule has 0 saturated heterocycles. The largest absolute Gasteiger partial charge is 0.326 e. The quantitative estimate of drug-likeness (QED) is 0.851. The van der Waals surface area contributed by atoms with E-state index in [9.17, 15) is 14.0 Å². The summed E-state index contributed by atoms with van der Waals surface area (Å²) in [6.07, 6.45) is 3.55. The molecule has 2 aromatic rings. The summed E-state index contributed by atoms with van der Waals surface area (Å²) in [6, 6.07) is 11.4. The Balaban J connectivity index is 1.54. The second-order valence-corrected chi connectivity index (χ2v) is 5.82. The highest BCUT2D eigenvalue weighted by atomic mass is 19.1. The number of benzene rings is 2. The average Bonchev–Trinajstić information content (AvgIpc) is 3.02. The van der Waals surface area contributed by atoms with Gasteiger partial charge in [0.25, 0.3) is 0 Å². The van der Waals surface area contributed by atoms with Crippen LogP contribution in [0.4, 0.5) is 10.1 Å². The Morgan fingerprint density at radius 2 is 1.70 bits per heavy atom. The Bertz CT molecular complexity index is 738. The van der Waals surface area contributed by atoms with Crippen molar-refractivity contribution in [3.05, 3.63) is 65.0 Å². The highest BCUT2D eigenvalue weighted by molar-refractivity contribution is 6.00. The molecule has 4 heteroatoms. The maximum atomic E-state index is 12.8. The summed E-state index contributed by atoms with van der Waals surface area (Å²) in [4.78, 5) is 24.1. The highest BCUT2D eigenvalue weighted by Crippen LogP contribution is 2.23. The third-order valence-corrected chi connectivity index (χ3v) is 4.13. The standard InChI is InChI=1S/C19H18FNO2/c20-16-6-8-17(9-7-16)21-19(23)11-10-18(22)15-5-4-13-2-1-3-14(13)12-15/h4-9,12H,1-3,10-11H2,(H,21,23). The van der Waals surface area contributed by atoms with E-state index >= 15 is 0 Å². The lowest BCUT2D eigenvalue weighted by Crippen LogP contribution is -2.13. The second kappa shape index (κ2) is 6.73. The number of amides is 1. The van der Waals surface area contributed by atoms with E-state index in [2.05, 4.69) is 5.32 Å². The molecule has 1 aliphatic rings. The molecule has 23 heavy (non-hydrogen) atoms. The van der Waals surface area contributed by atoms with Gasteiger partial charge in [-0.25, -0.2) is 4.39 Å². The van der Waals surface area contributed by atoms with Gasteiger partial charge in [0.15, 0.2) is 5.78 Å². The van der Waals surface area contributed by atoms with Crippen molar-refractivity contribution in [1.82, 2.24) is 0 Å². The topological polar surface area (TPSA) is 46.2 Å². The van der Waals surface area contributed by atoms with Crippen LogP contribution >= 0.6 is 0 Å². The molecular formula is C19H18FNO2. The first-order valence-electron chi connectivity index (χ1n) is 7.82. The van der Waals surface area contributed by atoms with Crippen LogP contribution in [0.3, 0.4) is 0 Å². The number of nitrogens with one attached hydrogen (secondary N) is 1. The van der Waals surface area contributed by atoms with Gasteiger partial charge in [-0.05, 0) is 60.7 Å². The third-order valence-electron chi connectivity index (χ3n) is 4.13. The van der Waals surface area contributed by atoms with Crippen molar-refractivity contribution in [3.8, 4) is 0 Å². The van der Waals surface area contributed by atoms with Crippen LogP contribution in [0, 0.1) is 5.82 Å². The Morgan fingerprint density at radius 3 is 2.48 bits per heavy atom. The molecule has 0 heterocycles. The van der Waals surface area contributed by atoms with Crippen LogP contribution in [0.2, 0.25) is 0 Å². The molecule has 1 aliphatic carbocycles. The number of halogens is 1. The normalized spacial score (nSPS) is 12.7. The number of Topliss-reactive ketones (excluding diaryl/α,β-unsaturated/α-hetero) is 1. The van der Waals surface area contributed by atoms with Crippen molar-refractivity contribution in [3.63, 3.8) is 0 Å². The summed E-state index contributed by atoms with van der Waals surface area (Å²) >= 11 is 0. The van der Waals surface area contributed by atoms with E-state index in [1.165, 1.54) is 35.4 Å². The van der Waals surface area contributed by atoms with Gasteiger partial charge in [-0.3, -0.25) is 9.59 Å². The van der Waals surface area contributed by atoms with Crippen LogP contribution < -0.4 is 5.32 Å². The molecule has 0 fully saturated rings. The smallest absolute Gasteiger partial charge is 0.224 e. The van der Waals surface area contributed by atoms with Gasteiger partial charge in [0.2, 0.25) is 5.91 Å². The Kier molecular flexibility index (Phi) is 4.51. The Labute approximate surface area is 134 Å². The number of aryl methyl sites for hydroxylation is 2. The summed E-state index contributed by atoms with van der Waals surface area (Å²) < 4.78 is 12.8. The number of ketones is 1. The molecule has 0 aromatic heterocycles. The van der Waals surface area contributed by atoms with Gasteiger partial charge in [-0.1, -0.05) is 12.1 Å². The number of rotatable bonds is 5. The molecule has 0 radical (unpaired) electrons. The molecule has 0 bridgehead atoms. The van der Waals surface area contributed by atoms with Crippen molar-refractivity contribution in [2.75, 3.05) is 5.32 Å². The maximum absolute atomic E-state index is 12.8. The van der Waals surface area contributed by atoms with Gasteiger partial charge in [0.1, 0.15) is 5.82 Å². The zero-order valence-corrected chi connectivity index (χ0v) is 12.8. The zero-order valence-electron chi connectivity index (χ0n) is 12.8. The molecule has 3 rings (SSSR count). The summed E-state index contributed by atoms with van der Waals surface area (Å²) in [6.45, 7) is 0. The van der Waals surface area contributed by atoms with Gasteiger partial charge in [-0.2, -0.15) is 0 Å². The highest BCUT2D eigenvalue weighted by Gasteiger charge is 2.15. The first-order chi connectivity index (χ1) is 11.1. The molecule has 0 atom stereocenters. The molecule has 118 valence electrons. The van der Waals surface area contributed by atoms with Gasteiger partial charge < -0.3 is 5.32 Å². The van der Waals surface area contributed by atoms with Crippen molar-refractivity contribution in [1.29, 1.82) is 0 Å². The number of hydrogen-bond acceptors (Lipinski definition) is 2. The van der Waals surface area contributed by atoms with Crippen molar-refractivity contribution in [2.24, 2.45) is 0 Å². The minimum atomic E-state index is -0.352. The number of carbonyl (C=O) groups is 2. The fourth-order valence-electron chi connectivity index (χ4n) is 2.87. The van der Waals surface area contributed by atoms with Crippen LogP contribution in [0.25, 0.3) is 0 Å². The summed E-state index contributed by atoms with van der Waals surface area (Å²) in [5, 5.41) is 2.66. The van der Waals surface area contributed by atoms with E-state index in [-0.39, 0.29) is 30.3 Å². The molecule has 3 nitrogen and oxygen atoms in total. The average molecular weight is 311 g/mol. The zero-order chi connectivity index (χ0) is 16.2. The summed E-state index contributed by atoms with van der Waals surface area (Å²) in [5.74, 6) is -0.616. The van der Waals surface area contributed by atoms with Crippen LogP contribution in [-0.2, 0) is 17.6 Å².